The van der Waals surface area contributed by atoms with Crippen LogP contribution in [0, 0.1) is 11.1 Å². The number of nitrogen functional groups attached to an aromatic ring is 2. The summed E-state index contributed by atoms with van der Waals surface area (Å²) in [6.07, 6.45) is 0. The lowest BCUT2D eigenvalue weighted by molar-refractivity contribution is 0.476. The standard InChI is InChI=1S/C16H14N8O2/c17-21-13-7-1-5(25)2-8-11(7)12-9(14(13)22-18)3-6(26)4-10(12)16(24-20)15(8)23-19/h1-4,17,20,22-23,25-26H,18-19H2. The summed E-state index contributed by atoms with van der Waals surface area (Å²) < 4.78 is 0. The first-order valence-corrected chi connectivity index (χ1v) is 7.48. The van der Waals surface area contributed by atoms with E-state index >= 15 is 0 Å². The van der Waals surface area contributed by atoms with E-state index in [2.05, 4.69) is 21.1 Å². The Morgan fingerprint density at radius 3 is 1.35 bits per heavy atom. The Morgan fingerprint density at radius 2 is 1.04 bits per heavy atom. The van der Waals surface area contributed by atoms with E-state index in [1.807, 2.05) is 0 Å². The first-order valence-electron chi connectivity index (χ1n) is 7.48. The van der Waals surface area contributed by atoms with Crippen molar-refractivity contribution in [2.24, 2.45) is 21.9 Å². The Hall–Kier alpha value is -3.76. The van der Waals surface area contributed by atoms with Crippen LogP contribution in [0.15, 0.2) is 34.5 Å². The lowest BCUT2D eigenvalue weighted by Gasteiger charge is -2.20. The number of nitrogens with zero attached hydrogens (tertiary/aromatic N) is 2. The van der Waals surface area contributed by atoms with Crippen LogP contribution in [0.1, 0.15) is 0 Å². The predicted octanol–water partition coefficient (Wildman–Crippen LogP) is 3.89. The van der Waals surface area contributed by atoms with Crippen molar-refractivity contribution in [2.75, 3.05) is 10.9 Å². The Bertz CT molecular complexity index is 1120. The van der Waals surface area contributed by atoms with Crippen molar-refractivity contribution in [1.82, 2.24) is 0 Å². The highest BCUT2D eigenvalue weighted by Crippen LogP contribution is 2.53. The fourth-order valence-electron chi connectivity index (χ4n) is 3.61. The van der Waals surface area contributed by atoms with Crippen molar-refractivity contribution in [2.45, 2.75) is 0 Å². The molecule has 10 heteroatoms. The van der Waals surface area contributed by atoms with Crippen molar-refractivity contribution in [1.29, 1.82) is 11.1 Å². The molecule has 10 N–H and O–H groups in total. The van der Waals surface area contributed by atoms with Crippen molar-refractivity contribution < 1.29 is 10.2 Å². The van der Waals surface area contributed by atoms with Gasteiger partial charge in [0.15, 0.2) is 0 Å². The quantitative estimate of drug-likeness (QED) is 0.119. The summed E-state index contributed by atoms with van der Waals surface area (Å²) in [6.45, 7) is 0. The molecule has 26 heavy (non-hydrogen) atoms. The maximum absolute atomic E-state index is 10.2. The minimum Gasteiger partial charge on any atom is -0.508 e. The number of rotatable bonds is 4. The van der Waals surface area contributed by atoms with Crippen LogP contribution < -0.4 is 22.5 Å². The van der Waals surface area contributed by atoms with Gasteiger partial charge in [0, 0.05) is 32.3 Å². The molecule has 4 rings (SSSR count). The summed E-state index contributed by atoms with van der Waals surface area (Å²) in [7, 11) is 0. The highest BCUT2D eigenvalue weighted by molar-refractivity contribution is 6.35. The lowest BCUT2D eigenvalue weighted by Crippen LogP contribution is -2.09. The summed E-state index contributed by atoms with van der Waals surface area (Å²) >= 11 is 0. The molecular formula is C16H14N8O2. The van der Waals surface area contributed by atoms with E-state index < -0.39 is 0 Å². The Balaban J connectivity index is 2.50. The molecular weight excluding hydrogens is 336 g/mol. The average Bonchev–Trinajstić information content (AvgIpc) is 2.63. The second kappa shape index (κ2) is 5.37. The molecule has 4 aromatic rings. The van der Waals surface area contributed by atoms with E-state index in [0.717, 1.165) is 0 Å². The van der Waals surface area contributed by atoms with Crippen LogP contribution in [0.3, 0.4) is 0 Å². The highest BCUT2D eigenvalue weighted by atomic mass is 16.3. The van der Waals surface area contributed by atoms with E-state index in [9.17, 15) is 10.2 Å². The van der Waals surface area contributed by atoms with Gasteiger partial charge >= 0.3 is 0 Å². The summed E-state index contributed by atoms with van der Waals surface area (Å²) in [5, 5.41) is 30.7. The Labute approximate surface area is 145 Å². The van der Waals surface area contributed by atoms with Crippen LogP contribution in [-0.4, -0.2) is 10.2 Å². The molecule has 4 aromatic carbocycles. The maximum atomic E-state index is 10.2. The number of anilines is 2. The molecule has 0 spiro atoms. The number of phenolic OH excluding ortho intramolecular Hbond substituents is 2. The molecule has 10 nitrogen and oxygen atoms in total. The predicted molar refractivity (Wildman–Crippen MR) is 98.7 cm³/mol. The molecule has 0 saturated heterocycles. The van der Waals surface area contributed by atoms with E-state index in [0.29, 0.717) is 43.7 Å². The van der Waals surface area contributed by atoms with Crippen LogP contribution in [0.2, 0.25) is 0 Å². The highest BCUT2D eigenvalue weighted by Gasteiger charge is 2.24. The number of phenols is 2. The molecule has 0 radical (unpaired) electrons. The first-order chi connectivity index (χ1) is 12.5. The number of hydrogen-bond donors (Lipinski definition) is 8. The van der Waals surface area contributed by atoms with Crippen LogP contribution in [0.25, 0.3) is 32.3 Å². The third-order valence-corrected chi connectivity index (χ3v) is 4.53. The largest absolute Gasteiger partial charge is 0.508 e. The molecule has 0 aliphatic rings. The van der Waals surface area contributed by atoms with Crippen molar-refractivity contribution in [3.05, 3.63) is 24.3 Å². The summed E-state index contributed by atoms with van der Waals surface area (Å²) in [5.74, 6) is 11.2. The molecule has 0 aliphatic heterocycles. The molecule has 0 unspecified atom stereocenters. The van der Waals surface area contributed by atoms with Gasteiger partial charge in [-0.1, -0.05) is 0 Å². The van der Waals surface area contributed by atoms with E-state index in [4.69, 9.17) is 22.7 Å². The number of aromatic hydroxyl groups is 2. The fourth-order valence-corrected chi connectivity index (χ4v) is 3.61. The smallest absolute Gasteiger partial charge is 0.118 e. The summed E-state index contributed by atoms with van der Waals surface area (Å²) in [6, 6.07) is 5.92. The zero-order valence-electron chi connectivity index (χ0n) is 13.3. The average molecular weight is 350 g/mol. The number of nitrogens with two attached hydrogens (primary N) is 2. The molecule has 0 aromatic heterocycles. The second-order valence-electron chi connectivity index (χ2n) is 5.79. The molecule has 0 atom stereocenters. The number of hydrogen-bond acceptors (Lipinski definition) is 10. The van der Waals surface area contributed by atoms with Crippen molar-refractivity contribution in [3.63, 3.8) is 0 Å². The van der Waals surface area contributed by atoms with Crippen molar-refractivity contribution >= 4 is 55.1 Å². The van der Waals surface area contributed by atoms with Crippen LogP contribution in [-0.2, 0) is 0 Å². The molecule has 0 saturated carbocycles. The molecule has 0 amide bonds. The number of nitrogens with one attached hydrogen (secondary N) is 4. The minimum absolute atomic E-state index is 0.0703. The number of benzene rings is 4. The van der Waals surface area contributed by atoms with Crippen LogP contribution in [0.4, 0.5) is 22.7 Å². The molecule has 0 aliphatic carbocycles. The SMILES string of the molecule is N=Nc1c(NN)c2cc(O)cc3c(N=N)c(NN)c4cc(O)cc1c4c32. The van der Waals surface area contributed by atoms with Crippen LogP contribution >= 0.6 is 0 Å². The van der Waals surface area contributed by atoms with E-state index in [1.54, 1.807) is 0 Å². The number of hydrazine groups is 2. The molecule has 0 bridgehead atoms. The van der Waals surface area contributed by atoms with Gasteiger partial charge in [-0.05, 0) is 24.3 Å². The van der Waals surface area contributed by atoms with Gasteiger partial charge in [-0.2, -0.15) is 10.2 Å². The Kier molecular flexibility index (Phi) is 3.26. The lowest BCUT2D eigenvalue weighted by atomic mass is 9.89. The van der Waals surface area contributed by atoms with Gasteiger partial charge in [0.25, 0.3) is 0 Å². The second-order valence-corrected chi connectivity index (χ2v) is 5.79. The van der Waals surface area contributed by atoms with Gasteiger partial charge in [0.1, 0.15) is 22.9 Å². The maximum Gasteiger partial charge on any atom is 0.118 e. The van der Waals surface area contributed by atoms with Gasteiger partial charge in [-0.15, -0.1) is 0 Å². The van der Waals surface area contributed by atoms with Gasteiger partial charge in [-0.3, -0.25) is 11.7 Å². The fraction of sp³-hybridized carbons (Fsp3) is 0. The van der Waals surface area contributed by atoms with E-state index in [-0.39, 0.29) is 22.9 Å². The van der Waals surface area contributed by atoms with E-state index in [1.165, 1.54) is 24.3 Å². The summed E-state index contributed by atoms with van der Waals surface area (Å²) in [5.41, 5.74) is 21.2. The van der Waals surface area contributed by atoms with Gasteiger partial charge in [0.05, 0.1) is 11.4 Å². The molecule has 130 valence electrons. The van der Waals surface area contributed by atoms with Gasteiger partial charge in [-0.25, -0.2) is 11.1 Å². The first kappa shape index (κ1) is 15.7. The minimum atomic E-state index is -0.0703. The normalized spacial score (nSPS) is 11.3. The van der Waals surface area contributed by atoms with Crippen LogP contribution in [0.5, 0.6) is 11.5 Å². The molecule has 0 heterocycles. The third-order valence-electron chi connectivity index (χ3n) is 4.53. The van der Waals surface area contributed by atoms with Gasteiger partial charge in [0.2, 0.25) is 0 Å². The zero-order chi connectivity index (χ0) is 18.6. The van der Waals surface area contributed by atoms with Crippen molar-refractivity contribution in [3.8, 4) is 11.5 Å². The topological polar surface area (TPSA) is 189 Å². The monoisotopic (exact) mass is 350 g/mol. The zero-order valence-corrected chi connectivity index (χ0v) is 13.3. The summed E-state index contributed by atoms with van der Waals surface area (Å²) in [4.78, 5) is 0. The Morgan fingerprint density at radius 1 is 0.692 bits per heavy atom. The molecule has 0 fully saturated rings. The third kappa shape index (κ3) is 1.82. The van der Waals surface area contributed by atoms with Gasteiger partial charge < -0.3 is 21.1 Å².